The summed E-state index contributed by atoms with van der Waals surface area (Å²) in [5.41, 5.74) is 0.178. The van der Waals surface area contributed by atoms with E-state index in [2.05, 4.69) is 5.32 Å². The third kappa shape index (κ3) is 1.35. The minimum atomic E-state index is -0.191. The molecule has 0 aromatic rings. The Morgan fingerprint density at radius 2 is 2.08 bits per heavy atom. The Bertz CT molecular complexity index is 209. The molecule has 1 heterocycles. The van der Waals surface area contributed by atoms with Crippen molar-refractivity contribution in [1.29, 1.82) is 0 Å². The number of ether oxygens (including phenoxy) is 1. The Hall–Kier alpha value is -0.570. The van der Waals surface area contributed by atoms with Crippen LogP contribution >= 0.6 is 0 Å². The van der Waals surface area contributed by atoms with Crippen LogP contribution in [0.15, 0.2) is 0 Å². The lowest BCUT2D eigenvalue weighted by Crippen LogP contribution is -2.52. The van der Waals surface area contributed by atoms with E-state index in [0.717, 1.165) is 13.0 Å². The normalized spacial score (nSPS) is 32.1. The predicted molar refractivity (Wildman–Crippen MR) is 49.3 cm³/mol. The summed E-state index contributed by atoms with van der Waals surface area (Å²) in [5.74, 6) is 0.0932. The molecule has 1 spiro atoms. The van der Waals surface area contributed by atoms with E-state index in [9.17, 15) is 4.79 Å². The Balaban J connectivity index is 2.18. The van der Waals surface area contributed by atoms with Gasteiger partial charge in [0, 0.05) is 19.1 Å². The molecule has 13 heavy (non-hydrogen) atoms. The third-order valence-electron chi connectivity index (χ3n) is 3.55. The summed E-state index contributed by atoms with van der Waals surface area (Å²) in [6.45, 7) is 0.832. The van der Waals surface area contributed by atoms with Gasteiger partial charge in [-0.05, 0) is 19.3 Å². The van der Waals surface area contributed by atoms with E-state index in [-0.39, 0.29) is 17.4 Å². The van der Waals surface area contributed by atoms with Crippen LogP contribution in [0.4, 0.5) is 0 Å². The first kappa shape index (κ1) is 9.00. The molecule has 1 saturated carbocycles. The zero-order valence-corrected chi connectivity index (χ0v) is 8.14. The number of carbonyl (C=O) groups excluding carboxylic acids is 1. The largest absolute Gasteiger partial charge is 0.371 e. The van der Waals surface area contributed by atoms with Crippen molar-refractivity contribution < 1.29 is 9.53 Å². The Morgan fingerprint density at radius 1 is 1.38 bits per heavy atom. The number of hydrogen-bond acceptors (Lipinski definition) is 2. The fourth-order valence-corrected chi connectivity index (χ4v) is 2.88. The van der Waals surface area contributed by atoms with Crippen LogP contribution in [0.5, 0.6) is 0 Å². The van der Waals surface area contributed by atoms with Crippen LogP contribution in [0.1, 0.15) is 32.1 Å². The van der Waals surface area contributed by atoms with Crippen molar-refractivity contribution in [3.63, 3.8) is 0 Å². The molecule has 1 N–H and O–H groups in total. The lowest BCUT2D eigenvalue weighted by molar-refractivity contribution is -0.144. The standard InChI is InChI=1S/C10H17NO2/c1-13-8-9(12)11-7-6-10(8)4-2-3-5-10/h8H,2-7H2,1H3,(H,11,12). The predicted octanol–water partition coefficient (Wildman–Crippen LogP) is 1.08. The maximum atomic E-state index is 11.6. The van der Waals surface area contributed by atoms with Crippen LogP contribution in [0, 0.1) is 5.41 Å². The summed E-state index contributed by atoms with van der Waals surface area (Å²) in [5, 5.41) is 2.87. The minimum Gasteiger partial charge on any atom is -0.371 e. The van der Waals surface area contributed by atoms with Gasteiger partial charge in [-0.1, -0.05) is 12.8 Å². The van der Waals surface area contributed by atoms with E-state index in [0.29, 0.717) is 0 Å². The molecule has 74 valence electrons. The smallest absolute Gasteiger partial charge is 0.249 e. The summed E-state index contributed by atoms with van der Waals surface area (Å²) in [7, 11) is 1.65. The first-order valence-electron chi connectivity index (χ1n) is 5.09. The van der Waals surface area contributed by atoms with Crippen LogP contribution in [0.25, 0.3) is 0 Å². The first-order chi connectivity index (χ1) is 6.28. The van der Waals surface area contributed by atoms with Crippen molar-refractivity contribution in [2.45, 2.75) is 38.2 Å². The number of hydrogen-bond donors (Lipinski definition) is 1. The Kier molecular flexibility index (Phi) is 2.28. The van der Waals surface area contributed by atoms with Gasteiger partial charge < -0.3 is 10.1 Å². The van der Waals surface area contributed by atoms with Crippen molar-refractivity contribution in [3.05, 3.63) is 0 Å². The molecule has 1 saturated heterocycles. The van der Waals surface area contributed by atoms with Crippen LogP contribution in [-0.4, -0.2) is 25.7 Å². The Labute approximate surface area is 78.8 Å². The van der Waals surface area contributed by atoms with Gasteiger partial charge in [-0.25, -0.2) is 0 Å². The zero-order chi connectivity index (χ0) is 9.31. The van der Waals surface area contributed by atoms with Crippen molar-refractivity contribution in [1.82, 2.24) is 5.32 Å². The topological polar surface area (TPSA) is 38.3 Å². The van der Waals surface area contributed by atoms with Crippen molar-refractivity contribution in [2.24, 2.45) is 5.41 Å². The number of methoxy groups -OCH3 is 1. The molecule has 0 aromatic carbocycles. The van der Waals surface area contributed by atoms with Crippen LogP contribution in [-0.2, 0) is 9.53 Å². The molecule has 3 nitrogen and oxygen atoms in total. The van der Waals surface area contributed by atoms with Crippen LogP contribution in [0.2, 0.25) is 0 Å². The highest BCUT2D eigenvalue weighted by Gasteiger charge is 2.47. The van der Waals surface area contributed by atoms with Gasteiger partial charge in [0.1, 0.15) is 6.10 Å². The number of rotatable bonds is 1. The zero-order valence-electron chi connectivity index (χ0n) is 8.14. The van der Waals surface area contributed by atoms with E-state index < -0.39 is 0 Å². The average molecular weight is 183 g/mol. The second-order valence-corrected chi connectivity index (χ2v) is 4.23. The van der Waals surface area contributed by atoms with Crippen molar-refractivity contribution >= 4 is 5.91 Å². The molecule has 0 bridgehead atoms. The molecule has 1 atom stereocenters. The van der Waals surface area contributed by atoms with E-state index in [1.165, 1.54) is 25.7 Å². The van der Waals surface area contributed by atoms with Crippen molar-refractivity contribution in [2.75, 3.05) is 13.7 Å². The second kappa shape index (κ2) is 3.29. The molecule has 0 aromatic heterocycles. The maximum absolute atomic E-state index is 11.6. The van der Waals surface area contributed by atoms with Gasteiger partial charge >= 0.3 is 0 Å². The summed E-state index contributed by atoms with van der Waals surface area (Å²) >= 11 is 0. The van der Waals surface area contributed by atoms with Gasteiger partial charge in [0.2, 0.25) is 5.91 Å². The number of carbonyl (C=O) groups is 1. The second-order valence-electron chi connectivity index (χ2n) is 4.23. The highest BCUT2D eigenvalue weighted by molar-refractivity contribution is 5.82. The van der Waals surface area contributed by atoms with Gasteiger partial charge in [-0.2, -0.15) is 0 Å². The van der Waals surface area contributed by atoms with Gasteiger partial charge in [0.05, 0.1) is 0 Å². The molecule has 3 heteroatoms. The van der Waals surface area contributed by atoms with E-state index in [4.69, 9.17) is 4.74 Å². The average Bonchev–Trinajstić information content (AvgIpc) is 2.54. The van der Waals surface area contributed by atoms with Gasteiger partial charge in [0.15, 0.2) is 0 Å². The van der Waals surface area contributed by atoms with E-state index in [1.807, 2.05) is 0 Å². The van der Waals surface area contributed by atoms with E-state index >= 15 is 0 Å². The number of piperidine rings is 1. The van der Waals surface area contributed by atoms with E-state index in [1.54, 1.807) is 7.11 Å². The molecule has 1 aliphatic carbocycles. The molecule has 0 radical (unpaired) electrons. The molecular formula is C10H17NO2. The lowest BCUT2D eigenvalue weighted by atomic mass is 9.75. The van der Waals surface area contributed by atoms with Crippen LogP contribution in [0.3, 0.4) is 0 Å². The number of amides is 1. The maximum Gasteiger partial charge on any atom is 0.249 e. The van der Waals surface area contributed by atoms with Gasteiger partial charge in [0.25, 0.3) is 0 Å². The Morgan fingerprint density at radius 3 is 2.69 bits per heavy atom. The molecule has 2 fully saturated rings. The fraction of sp³-hybridized carbons (Fsp3) is 0.900. The molecule has 2 aliphatic rings. The molecule has 1 amide bonds. The fourth-order valence-electron chi connectivity index (χ4n) is 2.88. The molecule has 2 rings (SSSR count). The highest BCUT2D eigenvalue weighted by atomic mass is 16.5. The molecule has 1 aliphatic heterocycles. The van der Waals surface area contributed by atoms with Gasteiger partial charge in [-0.15, -0.1) is 0 Å². The molecule has 1 unspecified atom stereocenters. The monoisotopic (exact) mass is 183 g/mol. The first-order valence-corrected chi connectivity index (χ1v) is 5.09. The summed E-state index contributed by atoms with van der Waals surface area (Å²) in [6.07, 6.45) is 5.75. The van der Waals surface area contributed by atoms with Gasteiger partial charge in [-0.3, -0.25) is 4.79 Å². The minimum absolute atomic E-state index is 0.0932. The van der Waals surface area contributed by atoms with Crippen LogP contribution < -0.4 is 5.32 Å². The SMILES string of the molecule is COC1C(=O)NCCC12CCCC2. The summed E-state index contributed by atoms with van der Waals surface area (Å²) in [6, 6.07) is 0. The summed E-state index contributed by atoms with van der Waals surface area (Å²) < 4.78 is 5.33. The number of nitrogens with one attached hydrogen (secondary N) is 1. The molecular weight excluding hydrogens is 166 g/mol. The summed E-state index contributed by atoms with van der Waals surface area (Å²) in [4.78, 5) is 11.6. The third-order valence-corrected chi connectivity index (χ3v) is 3.55. The lowest BCUT2D eigenvalue weighted by Gasteiger charge is -2.39. The quantitative estimate of drug-likeness (QED) is 0.660. The highest BCUT2D eigenvalue weighted by Crippen LogP contribution is 2.46. The van der Waals surface area contributed by atoms with Crippen molar-refractivity contribution in [3.8, 4) is 0 Å².